The average molecular weight is 405 g/mol. The highest BCUT2D eigenvalue weighted by molar-refractivity contribution is 5.84. The van der Waals surface area contributed by atoms with Gasteiger partial charge >= 0.3 is 0 Å². The van der Waals surface area contributed by atoms with E-state index in [9.17, 15) is 0 Å². The monoisotopic (exact) mass is 404 g/mol. The van der Waals surface area contributed by atoms with E-state index >= 15 is 4.39 Å². The molecule has 0 N–H and O–H groups in total. The number of rotatable bonds is 1. The van der Waals surface area contributed by atoms with Gasteiger partial charge in [-0.05, 0) is 25.5 Å². The molecular weight excluding hydrogens is 375 g/mol. The summed E-state index contributed by atoms with van der Waals surface area (Å²) in [5, 5.41) is 0. The van der Waals surface area contributed by atoms with Crippen LogP contribution in [0.25, 0.3) is 11.4 Å². The first-order valence-corrected chi connectivity index (χ1v) is 10.6. The van der Waals surface area contributed by atoms with Crippen LogP contribution in [0.2, 0.25) is 0 Å². The highest BCUT2D eigenvalue weighted by Gasteiger charge is 2.53. The summed E-state index contributed by atoms with van der Waals surface area (Å²) in [6.07, 6.45) is 1.73. The predicted molar refractivity (Wildman–Crippen MR) is 122 cm³/mol. The van der Waals surface area contributed by atoms with Crippen molar-refractivity contribution in [3.8, 4) is 11.4 Å². The molecule has 5 rings (SSSR count). The van der Waals surface area contributed by atoms with Crippen LogP contribution in [0.1, 0.15) is 38.8 Å². The Morgan fingerprint density at radius 1 is 1.00 bits per heavy atom. The van der Waals surface area contributed by atoms with E-state index in [-0.39, 0.29) is 12.1 Å². The Labute approximate surface area is 178 Å². The minimum Gasteiger partial charge on any atom is -0.349 e. The molecule has 0 spiro atoms. The molecular formula is C25H29FN4. The van der Waals surface area contributed by atoms with Crippen LogP contribution in [0.15, 0.2) is 54.7 Å². The third kappa shape index (κ3) is 2.79. The molecule has 30 heavy (non-hydrogen) atoms. The maximum Gasteiger partial charge on any atom is 0.162 e. The molecule has 0 saturated carbocycles. The number of hydrogen-bond donors (Lipinski definition) is 0. The second kappa shape index (κ2) is 7.38. The molecule has 3 aromatic rings. The standard InChI is InChI=1S/C23H23FN4.C2H6/c1-14-9-5-6-10-16(14)20-25-13-19-21(26-20)28-18-12-8-7-11-17(18)23(3,24)15(2)22(28)27(19)4;1-2/h5-13,15,22H,1-4H3;1-2H3. The van der Waals surface area contributed by atoms with Crippen LogP contribution < -0.4 is 9.80 Å². The summed E-state index contributed by atoms with van der Waals surface area (Å²) in [6.45, 7) is 9.73. The van der Waals surface area contributed by atoms with Crippen LogP contribution in [-0.2, 0) is 5.67 Å². The summed E-state index contributed by atoms with van der Waals surface area (Å²) in [6, 6.07) is 15.9. The number of halogens is 1. The molecule has 0 fully saturated rings. The Morgan fingerprint density at radius 2 is 1.67 bits per heavy atom. The minimum atomic E-state index is -1.42. The van der Waals surface area contributed by atoms with E-state index in [1.807, 2.05) is 76.5 Å². The molecule has 0 bridgehead atoms. The van der Waals surface area contributed by atoms with Crippen LogP contribution in [-0.4, -0.2) is 23.2 Å². The first kappa shape index (κ1) is 20.3. The van der Waals surface area contributed by atoms with Crippen molar-refractivity contribution >= 4 is 17.2 Å². The molecule has 4 nitrogen and oxygen atoms in total. The fraction of sp³-hybridized carbons (Fsp3) is 0.360. The average Bonchev–Trinajstić information content (AvgIpc) is 3.06. The van der Waals surface area contributed by atoms with Crippen LogP contribution >= 0.6 is 0 Å². The number of alkyl halides is 1. The maximum atomic E-state index is 15.8. The maximum absolute atomic E-state index is 15.8. The number of aromatic nitrogens is 2. The molecule has 2 aromatic carbocycles. The van der Waals surface area contributed by atoms with E-state index < -0.39 is 5.67 Å². The topological polar surface area (TPSA) is 32.3 Å². The molecule has 2 aliphatic rings. The summed E-state index contributed by atoms with van der Waals surface area (Å²) in [7, 11) is 2.00. The normalized spacial score (nSPS) is 23.8. The lowest BCUT2D eigenvalue weighted by molar-refractivity contribution is 0.0868. The van der Waals surface area contributed by atoms with Crippen molar-refractivity contribution in [2.24, 2.45) is 5.92 Å². The number of aryl methyl sites for hydroxylation is 1. The van der Waals surface area contributed by atoms with Crippen molar-refractivity contribution in [3.63, 3.8) is 0 Å². The van der Waals surface area contributed by atoms with Gasteiger partial charge in [0.2, 0.25) is 0 Å². The SMILES string of the molecule is CC.Cc1ccccc1-c1ncc2c(n1)N1c3ccccc3C(C)(F)C(C)C1N2C. The van der Waals surface area contributed by atoms with Gasteiger partial charge in [0.05, 0.1) is 11.9 Å². The molecule has 3 unspecified atom stereocenters. The number of anilines is 3. The Bertz CT molecular complexity index is 1080. The van der Waals surface area contributed by atoms with Gasteiger partial charge in [0.25, 0.3) is 0 Å². The quantitative estimate of drug-likeness (QED) is 0.481. The second-order valence-electron chi connectivity index (χ2n) is 7.99. The van der Waals surface area contributed by atoms with Gasteiger partial charge in [-0.2, -0.15) is 0 Å². The Kier molecular flexibility index (Phi) is 5.00. The van der Waals surface area contributed by atoms with Crippen molar-refractivity contribution in [1.29, 1.82) is 0 Å². The van der Waals surface area contributed by atoms with Crippen LogP contribution in [0.3, 0.4) is 0 Å². The van der Waals surface area contributed by atoms with Gasteiger partial charge in [0.15, 0.2) is 11.6 Å². The fourth-order valence-electron chi connectivity index (χ4n) is 4.63. The largest absolute Gasteiger partial charge is 0.349 e. The summed E-state index contributed by atoms with van der Waals surface area (Å²) in [4.78, 5) is 13.9. The summed E-state index contributed by atoms with van der Waals surface area (Å²) < 4.78 is 15.8. The third-order valence-electron chi connectivity index (χ3n) is 6.40. The van der Waals surface area contributed by atoms with Gasteiger partial charge in [-0.1, -0.05) is 63.2 Å². The molecule has 0 aliphatic carbocycles. The Morgan fingerprint density at radius 3 is 2.40 bits per heavy atom. The zero-order chi connectivity index (χ0) is 21.6. The smallest absolute Gasteiger partial charge is 0.162 e. The Balaban J connectivity index is 0.00000106. The van der Waals surface area contributed by atoms with Gasteiger partial charge < -0.3 is 9.80 Å². The van der Waals surface area contributed by atoms with Gasteiger partial charge in [-0.15, -0.1) is 0 Å². The van der Waals surface area contributed by atoms with Gasteiger partial charge in [-0.3, -0.25) is 0 Å². The van der Waals surface area contributed by atoms with Crippen molar-refractivity contribution in [1.82, 2.24) is 9.97 Å². The van der Waals surface area contributed by atoms with E-state index in [2.05, 4.69) is 27.8 Å². The molecule has 5 heteroatoms. The molecule has 0 amide bonds. The molecule has 2 aliphatic heterocycles. The highest BCUT2D eigenvalue weighted by Crippen LogP contribution is 2.55. The molecule has 1 aromatic heterocycles. The van der Waals surface area contributed by atoms with Crippen LogP contribution in [0.5, 0.6) is 0 Å². The molecule has 0 saturated heterocycles. The predicted octanol–water partition coefficient (Wildman–Crippen LogP) is 6.23. The molecule has 156 valence electrons. The number of benzene rings is 2. The van der Waals surface area contributed by atoms with Gasteiger partial charge in [0, 0.05) is 24.1 Å². The minimum absolute atomic E-state index is 0.138. The van der Waals surface area contributed by atoms with Crippen LogP contribution in [0.4, 0.5) is 21.6 Å². The van der Waals surface area contributed by atoms with E-state index in [1.165, 1.54) is 0 Å². The second-order valence-corrected chi connectivity index (χ2v) is 7.99. The van der Waals surface area contributed by atoms with Gasteiger partial charge in [0.1, 0.15) is 17.5 Å². The Hall–Kier alpha value is -2.95. The number of nitrogens with zero attached hydrogens (tertiary/aromatic N) is 4. The zero-order valence-corrected chi connectivity index (χ0v) is 18.5. The van der Waals surface area contributed by atoms with Crippen molar-refractivity contribution < 1.29 is 4.39 Å². The van der Waals surface area contributed by atoms with Crippen molar-refractivity contribution in [3.05, 3.63) is 65.9 Å². The van der Waals surface area contributed by atoms with E-state index in [0.717, 1.165) is 33.9 Å². The van der Waals surface area contributed by atoms with E-state index in [1.54, 1.807) is 6.92 Å². The summed E-state index contributed by atoms with van der Waals surface area (Å²) in [5.74, 6) is 1.31. The number of hydrogen-bond acceptors (Lipinski definition) is 4. The molecule has 0 radical (unpaired) electrons. The highest BCUT2D eigenvalue weighted by atomic mass is 19.1. The zero-order valence-electron chi connectivity index (χ0n) is 18.5. The first-order valence-electron chi connectivity index (χ1n) is 10.6. The van der Waals surface area contributed by atoms with Crippen molar-refractivity contribution in [2.75, 3.05) is 16.8 Å². The lowest BCUT2D eigenvalue weighted by Gasteiger charge is -2.46. The van der Waals surface area contributed by atoms with Crippen LogP contribution in [0, 0.1) is 12.8 Å². The lowest BCUT2D eigenvalue weighted by Crippen LogP contribution is -2.53. The van der Waals surface area contributed by atoms with E-state index in [0.29, 0.717) is 5.82 Å². The van der Waals surface area contributed by atoms with E-state index in [4.69, 9.17) is 4.98 Å². The third-order valence-corrected chi connectivity index (χ3v) is 6.40. The number of fused-ring (bicyclic) bond motifs is 5. The lowest BCUT2D eigenvalue weighted by atomic mass is 9.79. The first-order chi connectivity index (χ1) is 14.4. The summed E-state index contributed by atoms with van der Waals surface area (Å²) >= 11 is 0. The number of para-hydroxylation sites is 1. The van der Waals surface area contributed by atoms with Gasteiger partial charge in [-0.25, -0.2) is 14.4 Å². The fourth-order valence-corrected chi connectivity index (χ4v) is 4.63. The molecule has 3 heterocycles. The summed E-state index contributed by atoms with van der Waals surface area (Å²) in [5.41, 5.74) is 3.27. The van der Waals surface area contributed by atoms with Crippen molar-refractivity contribution in [2.45, 2.75) is 46.5 Å². The molecule has 3 atom stereocenters.